The van der Waals surface area contributed by atoms with Crippen LogP contribution in [0.25, 0.3) is 0 Å². The van der Waals surface area contributed by atoms with Crippen LogP contribution in [-0.4, -0.2) is 40.7 Å². The Morgan fingerprint density at radius 3 is 2.58 bits per heavy atom. The van der Waals surface area contributed by atoms with Crippen LogP contribution in [0.1, 0.15) is 23.7 Å². The topological polar surface area (TPSA) is 77.2 Å². The van der Waals surface area contributed by atoms with Crippen LogP contribution in [0.3, 0.4) is 0 Å². The van der Waals surface area contributed by atoms with Gasteiger partial charge in [0.15, 0.2) is 11.6 Å². The SMILES string of the molecule is Nc1cccc(C[N+]23CCC4C(C2)[C@@]4(OC(=O)[C@H](Nc2ccccc2)c2ccccc2)C3)n1. The van der Waals surface area contributed by atoms with Gasteiger partial charge in [-0.3, -0.25) is 0 Å². The maximum absolute atomic E-state index is 13.6. The Labute approximate surface area is 194 Å². The molecule has 3 aliphatic heterocycles. The molecule has 3 aromatic rings. The number of hydrogen-bond donors (Lipinski definition) is 2. The second kappa shape index (κ2) is 7.59. The Morgan fingerprint density at radius 1 is 1.06 bits per heavy atom. The third kappa shape index (κ3) is 3.55. The lowest BCUT2D eigenvalue weighted by atomic mass is 10.0. The van der Waals surface area contributed by atoms with E-state index >= 15 is 0 Å². The van der Waals surface area contributed by atoms with Crippen LogP contribution in [0, 0.1) is 11.8 Å². The Hall–Kier alpha value is -3.38. The number of nitrogen functional groups attached to an aromatic ring is 1. The number of anilines is 2. The molecule has 0 radical (unpaired) electrons. The Morgan fingerprint density at radius 2 is 1.82 bits per heavy atom. The number of piperidine rings is 3. The Kier molecular flexibility index (Phi) is 4.66. The van der Waals surface area contributed by atoms with Crippen molar-refractivity contribution in [2.45, 2.75) is 24.6 Å². The lowest BCUT2D eigenvalue weighted by Gasteiger charge is -2.41. The van der Waals surface area contributed by atoms with Crippen molar-refractivity contribution >= 4 is 17.5 Å². The van der Waals surface area contributed by atoms with Gasteiger partial charge in [0.1, 0.15) is 18.9 Å². The molecule has 3 saturated heterocycles. The minimum Gasteiger partial charge on any atom is -0.450 e. The summed E-state index contributed by atoms with van der Waals surface area (Å²) in [5.41, 5.74) is 8.42. The van der Waals surface area contributed by atoms with E-state index in [2.05, 4.69) is 10.3 Å². The van der Waals surface area contributed by atoms with E-state index in [1.54, 1.807) is 0 Å². The summed E-state index contributed by atoms with van der Waals surface area (Å²) in [6.07, 6.45) is 1.10. The number of benzene rings is 2. The number of para-hydroxylation sites is 1. The average molecular weight is 442 g/mol. The summed E-state index contributed by atoms with van der Waals surface area (Å²) in [5.74, 6) is 1.30. The third-order valence-electron chi connectivity index (χ3n) is 7.78. The molecule has 1 saturated carbocycles. The number of nitrogens with two attached hydrogens (primary N) is 1. The first-order valence-corrected chi connectivity index (χ1v) is 11.7. The minimum atomic E-state index is -0.539. The van der Waals surface area contributed by atoms with E-state index in [9.17, 15) is 4.79 Å². The molecule has 3 N–H and O–H groups in total. The molecule has 0 amide bonds. The lowest BCUT2D eigenvalue weighted by Crippen LogP contribution is -2.55. The maximum atomic E-state index is 13.6. The normalized spacial score (nSPS) is 29.8. The summed E-state index contributed by atoms with van der Waals surface area (Å²) in [7, 11) is 0. The van der Waals surface area contributed by atoms with Gasteiger partial charge in [0, 0.05) is 18.0 Å². The van der Waals surface area contributed by atoms with Crippen molar-refractivity contribution in [3.8, 4) is 0 Å². The fourth-order valence-corrected chi connectivity index (χ4v) is 6.31. The summed E-state index contributed by atoms with van der Waals surface area (Å²) in [4.78, 5) is 18.1. The van der Waals surface area contributed by atoms with Crippen LogP contribution in [-0.2, 0) is 16.1 Å². The predicted molar refractivity (Wildman–Crippen MR) is 127 cm³/mol. The number of pyridine rings is 1. The van der Waals surface area contributed by atoms with E-state index in [0.717, 1.165) is 54.0 Å². The number of hydrogen-bond acceptors (Lipinski definition) is 5. The number of quaternary nitrogens is 1. The van der Waals surface area contributed by atoms with Crippen LogP contribution in [0.2, 0.25) is 0 Å². The quantitative estimate of drug-likeness (QED) is 0.431. The average Bonchev–Trinajstić information content (AvgIpc) is 3.32. The highest BCUT2D eigenvalue weighted by Crippen LogP contribution is 2.66. The van der Waals surface area contributed by atoms with Gasteiger partial charge < -0.3 is 20.3 Å². The molecule has 4 heterocycles. The van der Waals surface area contributed by atoms with Crippen LogP contribution in [0.15, 0.2) is 78.9 Å². The van der Waals surface area contributed by atoms with E-state index in [1.165, 1.54) is 0 Å². The van der Waals surface area contributed by atoms with Crippen molar-refractivity contribution in [2.24, 2.45) is 11.8 Å². The Bertz CT molecular complexity index is 1170. The van der Waals surface area contributed by atoms with E-state index in [-0.39, 0.29) is 11.6 Å². The number of aromatic nitrogens is 1. The fourth-order valence-electron chi connectivity index (χ4n) is 6.31. The molecule has 3 unspecified atom stereocenters. The van der Waals surface area contributed by atoms with Gasteiger partial charge in [-0.15, -0.1) is 0 Å². The van der Waals surface area contributed by atoms with E-state index in [0.29, 0.717) is 17.7 Å². The number of nitrogens with zero attached hydrogens (tertiary/aromatic N) is 2. The molecule has 7 rings (SSSR count). The summed E-state index contributed by atoms with van der Waals surface area (Å²) >= 11 is 0. The van der Waals surface area contributed by atoms with Gasteiger partial charge in [-0.05, 0) is 29.8 Å². The van der Waals surface area contributed by atoms with Crippen molar-refractivity contribution in [2.75, 3.05) is 30.7 Å². The number of nitrogens with one attached hydrogen (secondary N) is 1. The third-order valence-corrected chi connectivity index (χ3v) is 7.78. The zero-order valence-electron chi connectivity index (χ0n) is 18.6. The molecule has 0 spiro atoms. The summed E-state index contributed by atoms with van der Waals surface area (Å²) in [6, 6.07) is 25.0. The van der Waals surface area contributed by atoms with Crippen LogP contribution >= 0.6 is 0 Å². The van der Waals surface area contributed by atoms with Gasteiger partial charge in [-0.25, -0.2) is 9.78 Å². The van der Waals surface area contributed by atoms with Crippen molar-refractivity contribution in [3.05, 3.63) is 90.1 Å². The second-order valence-corrected chi connectivity index (χ2v) is 9.85. The zero-order chi connectivity index (χ0) is 22.5. The molecule has 1 aromatic heterocycles. The van der Waals surface area contributed by atoms with Crippen molar-refractivity contribution in [1.29, 1.82) is 0 Å². The number of esters is 1. The van der Waals surface area contributed by atoms with Crippen LogP contribution < -0.4 is 11.1 Å². The molecule has 168 valence electrons. The molecule has 6 heteroatoms. The molecule has 4 aliphatic rings. The molecule has 33 heavy (non-hydrogen) atoms. The maximum Gasteiger partial charge on any atom is 0.334 e. The van der Waals surface area contributed by atoms with E-state index in [4.69, 9.17) is 10.5 Å². The van der Waals surface area contributed by atoms with Gasteiger partial charge in [0.2, 0.25) is 0 Å². The summed E-state index contributed by atoms with van der Waals surface area (Å²) < 4.78 is 7.36. The molecule has 1 aliphatic carbocycles. The predicted octanol–water partition coefficient (Wildman–Crippen LogP) is 3.78. The van der Waals surface area contributed by atoms with Crippen molar-refractivity contribution in [1.82, 2.24) is 4.98 Å². The molecule has 6 nitrogen and oxygen atoms in total. The van der Waals surface area contributed by atoms with Crippen molar-refractivity contribution in [3.63, 3.8) is 0 Å². The number of fused-ring (bicyclic) bond motifs is 1. The van der Waals surface area contributed by atoms with Gasteiger partial charge in [-0.1, -0.05) is 54.6 Å². The molecule has 4 bridgehead atoms. The van der Waals surface area contributed by atoms with Gasteiger partial charge >= 0.3 is 5.97 Å². The van der Waals surface area contributed by atoms with E-state index in [1.807, 2.05) is 78.9 Å². The smallest absolute Gasteiger partial charge is 0.334 e. The number of ether oxygens (including phenoxy) is 1. The number of rotatable bonds is 7. The van der Waals surface area contributed by atoms with Gasteiger partial charge in [0.05, 0.1) is 24.7 Å². The molecule has 5 atom stereocenters. The molecule has 2 aromatic carbocycles. The standard InChI is InChI=1S/C27H29N4O2/c28-24-13-7-12-21(29-24)16-31-15-14-22-23(17-31)27(22,18-31)33-26(32)25(19-8-3-1-4-9-19)30-20-10-5-2-6-11-20/h1-13,22-23,25,30H,14-18H2,(H2,28,29)/q+1/t22?,23?,25-,27-,31?/m1/s1. The largest absolute Gasteiger partial charge is 0.450 e. The fraction of sp³-hybridized carbons (Fsp3) is 0.333. The van der Waals surface area contributed by atoms with Gasteiger partial charge in [-0.2, -0.15) is 0 Å². The first-order valence-electron chi connectivity index (χ1n) is 11.7. The zero-order valence-corrected chi connectivity index (χ0v) is 18.6. The highest BCUT2D eigenvalue weighted by molar-refractivity contribution is 5.82. The molecule has 4 fully saturated rings. The molecular weight excluding hydrogens is 412 g/mol. The van der Waals surface area contributed by atoms with E-state index < -0.39 is 6.04 Å². The minimum absolute atomic E-state index is 0.193. The monoisotopic (exact) mass is 441 g/mol. The lowest BCUT2D eigenvalue weighted by molar-refractivity contribution is -0.943. The first-order chi connectivity index (χ1) is 16.1. The summed E-state index contributed by atoms with van der Waals surface area (Å²) in [6.45, 7) is 3.88. The highest BCUT2D eigenvalue weighted by Gasteiger charge is 2.80. The van der Waals surface area contributed by atoms with Gasteiger partial charge in [0.25, 0.3) is 0 Å². The Balaban J connectivity index is 1.22. The number of carbonyl (C=O) groups excluding carboxylic acids is 1. The molecular formula is C27H29N4O2+. The number of carbonyl (C=O) groups is 1. The first kappa shape index (κ1) is 20.2. The van der Waals surface area contributed by atoms with Crippen LogP contribution in [0.4, 0.5) is 11.5 Å². The van der Waals surface area contributed by atoms with Crippen LogP contribution in [0.5, 0.6) is 0 Å². The van der Waals surface area contributed by atoms with Crippen molar-refractivity contribution < 1.29 is 14.0 Å². The highest BCUT2D eigenvalue weighted by atomic mass is 16.6. The second-order valence-electron chi connectivity index (χ2n) is 9.85. The summed E-state index contributed by atoms with van der Waals surface area (Å²) in [5, 5.41) is 3.40.